The van der Waals surface area contributed by atoms with Crippen LogP contribution in [0, 0.1) is 6.92 Å². The number of nitrogens with one attached hydrogen (secondary N) is 2. The van der Waals surface area contributed by atoms with Gasteiger partial charge in [-0.1, -0.05) is 6.07 Å². The quantitative estimate of drug-likeness (QED) is 0.382. The summed E-state index contributed by atoms with van der Waals surface area (Å²) in [5, 5.41) is 7.65. The molecule has 0 spiro atoms. The highest BCUT2D eigenvalue weighted by molar-refractivity contribution is 5.83. The van der Waals surface area contributed by atoms with Gasteiger partial charge < -0.3 is 15.2 Å². The molecule has 1 amide bonds. The van der Waals surface area contributed by atoms with Crippen LogP contribution in [0.2, 0.25) is 0 Å². The number of aromatic amines is 1. The fourth-order valence-corrected chi connectivity index (χ4v) is 4.86. The molecule has 9 nitrogen and oxygen atoms in total. The van der Waals surface area contributed by atoms with Gasteiger partial charge in [-0.3, -0.25) is 14.4 Å². The topological polar surface area (TPSA) is 95.0 Å². The van der Waals surface area contributed by atoms with E-state index >= 15 is 0 Å². The minimum absolute atomic E-state index is 0.000925. The van der Waals surface area contributed by atoms with Crippen molar-refractivity contribution in [1.29, 1.82) is 0 Å². The number of rotatable bonds is 6. The van der Waals surface area contributed by atoms with Crippen molar-refractivity contribution in [3.05, 3.63) is 53.9 Å². The Kier molecular flexibility index (Phi) is 6.82. The Morgan fingerprint density at radius 2 is 1.89 bits per heavy atom. The Labute approximate surface area is 217 Å². The lowest BCUT2D eigenvalue weighted by molar-refractivity contribution is -0.162. The van der Waals surface area contributed by atoms with Crippen LogP contribution in [0.15, 0.2) is 42.6 Å². The van der Waals surface area contributed by atoms with Gasteiger partial charge in [0.2, 0.25) is 11.9 Å². The molecule has 2 N–H and O–H groups in total. The first-order valence-corrected chi connectivity index (χ1v) is 12.4. The summed E-state index contributed by atoms with van der Waals surface area (Å²) in [7, 11) is 1.92. The van der Waals surface area contributed by atoms with Gasteiger partial charge in [-0.05, 0) is 49.7 Å². The van der Waals surface area contributed by atoms with Crippen molar-refractivity contribution in [1.82, 2.24) is 34.5 Å². The zero-order chi connectivity index (χ0) is 27.0. The second-order valence-corrected chi connectivity index (χ2v) is 9.60. The molecule has 0 saturated carbocycles. The van der Waals surface area contributed by atoms with Crippen LogP contribution in [0.25, 0.3) is 22.3 Å². The minimum Gasteiger partial charge on any atom is -0.340 e. The summed E-state index contributed by atoms with van der Waals surface area (Å²) < 4.78 is 39.5. The lowest BCUT2D eigenvalue weighted by Crippen LogP contribution is -2.50. The second kappa shape index (κ2) is 10.1. The van der Waals surface area contributed by atoms with Crippen LogP contribution in [-0.2, 0) is 11.8 Å². The van der Waals surface area contributed by atoms with Gasteiger partial charge in [-0.15, -0.1) is 0 Å². The van der Waals surface area contributed by atoms with E-state index in [4.69, 9.17) is 0 Å². The third kappa shape index (κ3) is 5.64. The summed E-state index contributed by atoms with van der Waals surface area (Å²) >= 11 is 0. The number of hydrogen-bond acceptors (Lipinski definition) is 6. The van der Waals surface area contributed by atoms with Crippen LogP contribution in [0.1, 0.15) is 30.6 Å². The van der Waals surface area contributed by atoms with Crippen LogP contribution >= 0.6 is 0 Å². The first-order chi connectivity index (χ1) is 18.1. The molecule has 200 valence electrons. The van der Waals surface area contributed by atoms with Crippen LogP contribution in [0.3, 0.4) is 0 Å². The summed E-state index contributed by atoms with van der Waals surface area (Å²) in [6, 6.07) is 11.9. The fourth-order valence-electron chi connectivity index (χ4n) is 4.86. The number of imidazole rings is 1. The highest BCUT2D eigenvalue weighted by Gasteiger charge is 2.35. The maximum absolute atomic E-state index is 12.6. The molecule has 1 aliphatic heterocycles. The monoisotopic (exact) mass is 526 g/mol. The van der Waals surface area contributed by atoms with E-state index < -0.39 is 18.5 Å². The first kappa shape index (κ1) is 25.7. The number of aromatic nitrogens is 5. The molecule has 1 aromatic carbocycles. The number of pyridine rings is 1. The molecular formula is C26H29F3N8O. The fraction of sp³-hybridized carbons (Fsp3) is 0.385. The molecule has 1 atom stereocenters. The molecule has 0 bridgehead atoms. The highest BCUT2D eigenvalue weighted by atomic mass is 19.4. The molecule has 38 heavy (non-hydrogen) atoms. The van der Waals surface area contributed by atoms with Crippen molar-refractivity contribution < 1.29 is 18.0 Å². The van der Waals surface area contributed by atoms with Crippen LogP contribution < -0.4 is 5.32 Å². The van der Waals surface area contributed by atoms with Gasteiger partial charge >= 0.3 is 6.18 Å². The first-order valence-electron chi connectivity index (χ1n) is 12.4. The van der Waals surface area contributed by atoms with E-state index in [0.717, 1.165) is 33.5 Å². The van der Waals surface area contributed by atoms with Crippen molar-refractivity contribution in [2.75, 3.05) is 31.5 Å². The van der Waals surface area contributed by atoms with Crippen LogP contribution in [-0.4, -0.2) is 72.8 Å². The SMILES string of the molecule is Cc1cc(-c2ccc3nc(Nc4cc(C(C)N5CCN(C(=O)CC(F)(F)F)CC5)ccn4)[nH]c3c2)n(C)n1. The molecule has 0 aliphatic carbocycles. The van der Waals surface area contributed by atoms with Gasteiger partial charge in [0.15, 0.2) is 0 Å². The number of carbonyl (C=O) groups is 1. The predicted molar refractivity (Wildman–Crippen MR) is 138 cm³/mol. The van der Waals surface area contributed by atoms with Crippen molar-refractivity contribution in [2.24, 2.45) is 7.05 Å². The number of benzene rings is 1. The zero-order valence-electron chi connectivity index (χ0n) is 21.4. The van der Waals surface area contributed by atoms with Gasteiger partial charge in [0.1, 0.15) is 12.2 Å². The van der Waals surface area contributed by atoms with Gasteiger partial charge in [0.25, 0.3) is 0 Å². The van der Waals surface area contributed by atoms with E-state index in [2.05, 4.69) is 30.3 Å². The number of halogens is 3. The van der Waals surface area contributed by atoms with Crippen LogP contribution in [0.5, 0.6) is 0 Å². The van der Waals surface area contributed by atoms with Crippen molar-refractivity contribution in [2.45, 2.75) is 32.5 Å². The molecular weight excluding hydrogens is 497 g/mol. The van der Waals surface area contributed by atoms with E-state index in [1.54, 1.807) is 6.20 Å². The average Bonchev–Trinajstić information content (AvgIpc) is 3.43. The van der Waals surface area contributed by atoms with Crippen molar-refractivity contribution in [3.63, 3.8) is 0 Å². The molecule has 3 aromatic heterocycles. The molecule has 0 radical (unpaired) electrons. The summed E-state index contributed by atoms with van der Waals surface area (Å²) in [6.07, 6.45) is -4.18. The summed E-state index contributed by atoms with van der Waals surface area (Å²) in [4.78, 5) is 27.7. The second-order valence-electron chi connectivity index (χ2n) is 9.60. The maximum atomic E-state index is 12.6. The Balaban J connectivity index is 1.25. The van der Waals surface area contributed by atoms with Crippen LogP contribution in [0.4, 0.5) is 24.9 Å². The molecule has 4 aromatic rings. The normalized spacial score (nSPS) is 15.7. The third-order valence-corrected chi connectivity index (χ3v) is 6.86. The number of carbonyl (C=O) groups excluding carboxylic acids is 1. The van der Waals surface area contributed by atoms with Gasteiger partial charge in [-0.2, -0.15) is 18.3 Å². The molecule has 4 heterocycles. The highest BCUT2D eigenvalue weighted by Crippen LogP contribution is 2.28. The summed E-state index contributed by atoms with van der Waals surface area (Å²) in [5.74, 6) is 0.316. The largest absolute Gasteiger partial charge is 0.397 e. The van der Waals surface area contributed by atoms with E-state index in [1.807, 2.05) is 62.0 Å². The van der Waals surface area contributed by atoms with Gasteiger partial charge in [0, 0.05) is 51.0 Å². The molecule has 1 saturated heterocycles. The lowest BCUT2D eigenvalue weighted by Gasteiger charge is -2.38. The summed E-state index contributed by atoms with van der Waals surface area (Å²) in [5.41, 5.74) is 5.70. The Hall–Kier alpha value is -3.93. The average molecular weight is 527 g/mol. The van der Waals surface area contributed by atoms with E-state index in [9.17, 15) is 18.0 Å². The number of H-pyrrole nitrogens is 1. The molecule has 1 fully saturated rings. The van der Waals surface area contributed by atoms with Gasteiger partial charge in [0.05, 0.1) is 22.4 Å². The molecule has 5 rings (SSSR count). The van der Waals surface area contributed by atoms with E-state index in [0.29, 0.717) is 24.9 Å². The number of aryl methyl sites for hydroxylation is 2. The summed E-state index contributed by atoms with van der Waals surface area (Å²) in [6.45, 7) is 5.54. The zero-order valence-corrected chi connectivity index (χ0v) is 21.4. The lowest BCUT2D eigenvalue weighted by atomic mass is 10.1. The molecule has 1 aliphatic rings. The Bertz CT molecular complexity index is 1450. The number of amides is 1. The number of anilines is 2. The molecule has 1 unspecified atom stereocenters. The standard InChI is InChI=1S/C26H29F3N8O/c1-16-12-22(35(3)34-16)19-4-5-20-21(13-19)32-25(31-20)33-23-14-18(6-7-30-23)17(2)36-8-10-37(11-9-36)24(38)15-26(27,28)29/h4-7,12-14,17H,8-11,15H2,1-3H3,(H2,30,31,32,33). The Morgan fingerprint density at radius 1 is 1.13 bits per heavy atom. The number of alkyl halides is 3. The minimum atomic E-state index is -4.48. The van der Waals surface area contributed by atoms with Crippen molar-refractivity contribution >= 4 is 28.7 Å². The number of nitrogens with zero attached hydrogens (tertiary/aromatic N) is 6. The number of hydrogen-bond donors (Lipinski definition) is 2. The van der Waals surface area contributed by atoms with E-state index in [-0.39, 0.29) is 19.1 Å². The molecule has 12 heteroatoms. The number of fused-ring (bicyclic) bond motifs is 1. The maximum Gasteiger partial charge on any atom is 0.397 e. The third-order valence-electron chi connectivity index (χ3n) is 6.86. The Morgan fingerprint density at radius 3 is 2.58 bits per heavy atom. The van der Waals surface area contributed by atoms with Crippen molar-refractivity contribution in [3.8, 4) is 11.3 Å². The van der Waals surface area contributed by atoms with Gasteiger partial charge in [-0.25, -0.2) is 9.97 Å². The predicted octanol–water partition coefficient (Wildman–Crippen LogP) is 4.57. The van der Waals surface area contributed by atoms with E-state index in [1.165, 1.54) is 4.90 Å². The number of piperazine rings is 1. The smallest absolute Gasteiger partial charge is 0.340 e.